The lowest BCUT2D eigenvalue weighted by molar-refractivity contribution is -0.134. The lowest BCUT2D eigenvalue weighted by Crippen LogP contribution is -2.48. The predicted octanol–water partition coefficient (Wildman–Crippen LogP) is 3.45. The zero-order valence-electron chi connectivity index (χ0n) is 18.1. The minimum atomic E-state index is -0.309. The predicted molar refractivity (Wildman–Crippen MR) is 127 cm³/mol. The zero-order chi connectivity index (χ0) is 22.7. The third-order valence-corrected chi connectivity index (χ3v) is 7.14. The van der Waals surface area contributed by atoms with E-state index in [-0.39, 0.29) is 30.2 Å². The zero-order valence-corrected chi connectivity index (χ0v) is 18.9. The molecule has 2 N–H and O–H groups in total. The number of piperidine rings is 1. The first-order valence-corrected chi connectivity index (χ1v) is 11.7. The van der Waals surface area contributed by atoms with Gasteiger partial charge in [-0.05, 0) is 48.6 Å². The fourth-order valence-electron chi connectivity index (χ4n) is 4.07. The van der Waals surface area contributed by atoms with Crippen molar-refractivity contribution in [1.82, 2.24) is 4.90 Å². The summed E-state index contributed by atoms with van der Waals surface area (Å²) in [6.45, 7) is 3.05. The van der Waals surface area contributed by atoms with Crippen LogP contribution in [0, 0.1) is 5.92 Å². The van der Waals surface area contributed by atoms with E-state index >= 15 is 0 Å². The average Bonchev–Trinajstić information content (AvgIpc) is 2.82. The Hall–Kier alpha value is -3.06. The topological polar surface area (TPSA) is 83.7 Å². The van der Waals surface area contributed by atoms with Crippen molar-refractivity contribution in [3.05, 3.63) is 64.6 Å². The summed E-state index contributed by atoms with van der Waals surface area (Å²) in [6.07, 6.45) is 3.99. The Labute approximate surface area is 192 Å². The number of benzene rings is 2. The third kappa shape index (κ3) is 4.72. The van der Waals surface area contributed by atoms with Crippen molar-refractivity contribution in [2.75, 3.05) is 24.5 Å². The number of anilines is 1. The highest BCUT2D eigenvalue weighted by molar-refractivity contribution is 8.04. The van der Waals surface area contributed by atoms with Crippen LogP contribution in [-0.4, -0.2) is 42.3 Å². The van der Waals surface area contributed by atoms with Gasteiger partial charge < -0.3 is 10.6 Å². The minimum Gasteiger partial charge on any atom is -0.369 e. The second-order valence-electron chi connectivity index (χ2n) is 8.12. The standard InChI is InChI=1S/C25H27N3O3S/c1-2-17-7-9-18(10-8-17)15-22-25(31)28(20-5-3-4-6-21(20)32-22)16-23(29)27-13-11-19(12-14-27)24(26)30/h3-10,15,19H,2,11-14,16H2,1H3,(H2,26,30). The molecule has 2 aliphatic rings. The first-order chi connectivity index (χ1) is 15.5. The Morgan fingerprint density at radius 1 is 1.09 bits per heavy atom. The van der Waals surface area contributed by atoms with Crippen LogP contribution in [0.25, 0.3) is 6.08 Å². The number of carbonyl (C=O) groups excluding carboxylic acids is 3. The fraction of sp³-hybridized carbons (Fsp3) is 0.320. The number of rotatable bonds is 5. The number of para-hydroxylation sites is 1. The van der Waals surface area contributed by atoms with Crippen molar-refractivity contribution >= 4 is 41.2 Å². The van der Waals surface area contributed by atoms with Gasteiger partial charge in [0.25, 0.3) is 5.91 Å². The first-order valence-electron chi connectivity index (χ1n) is 10.9. The average molecular weight is 450 g/mol. The van der Waals surface area contributed by atoms with Gasteiger partial charge in [0.05, 0.1) is 10.6 Å². The summed E-state index contributed by atoms with van der Waals surface area (Å²) in [5.74, 6) is -0.777. The van der Waals surface area contributed by atoms with Gasteiger partial charge in [-0.2, -0.15) is 0 Å². The van der Waals surface area contributed by atoms with Gasteiger partial charge in [-0.1, -0.05) is 55.1 Å². The molecule has 0 atom stereocenters. The van der Waals surface area contributed by atoms with Crippen molar-refractivity contribution in [3.63, 3.8) is 0 Å². The van der Waals surface area contributed by atoms with Gasteiger partial charge in [-0.15, -0.1) is 0 Å². The van der Waals surface area contributed by atoms with Gasteiger partial charge in [0.2, 0.25) is 11.8 Å². The SMILES string of the molecule is CCc1ccc(C=C2Sc3ccccc3N(CC(=O)N3CCC(C(N)=O)CC3)C2=O)cc1. The van der Waals surface area contributed by atoms with E-state index in [0.717, 1.165) is 22.6 Å². The molecule has 2 aromatic rings. The maximum absolute atomic E-state index is 13.4. The number of likely N-dealkylation sites (tertiary alicyclic amines) is 1. The van der Waals surface area contributed by atoms with E-state index in [1.54, 1.807) is 9.80 Å². The Balaban J connectivity index is 1.55. The highest BCUT2D eigenvalue weighted by Crippen LogP contribution is 2.42. The molecule has 0 saturated carbocycles. The second kappa shape index (κ2) is 9.61. The molecule has 32 heavy (non-hydrogen) atoms. The van der Waals surface area contributed by atoms with E-state index in [1.807, 2.05) is 42.5 Å². The van der Waals surface area contributed by atoms with Crippen LogP contribution in [-0.2, 0) is 20.8 Å². The van der Waals surface area contributed by atoms with Crippen LogP contribution in [0.1, 0.15) is 30.9 Å². The number of hydrogen-bond acceptors (Lipinski definition) is 4. The molecule has 2 heterocycles. The number of fused-ring (bicyclic) bond motifs is 1. The van der Waals surface area contributed by atoms with Crippen LogP contribution in [0.2, 0.25) is 0 Å². The van der Waals surface area contributed by atoms with Crippen molar-refractivity contribution < 1.29 is 14.4 Å². The summed E-state index contributed by atoms with van der Waals surface area (Å²) in [4.78, 5) is 42.6. The molecule has 0 unspecified atom stereocenters. The Bertz CT molecular complexity index is 1060. The van der Waals surface area contributed by atoms with Crippen molar-refractivity contribution in [3.8, 4) is 0 Å². The van der Waals surface area contributed by atoms with E-state index in [2.05, 4.69) is 19.1 Å². The minimum absolute atomic E-state index is 0.0241. The lowest BCUT2D eigenvalue weighted by atomic mass is 9.96. The van der Waals surface area contributed by atoms with Gasteiger partial charge in [-0.3, -0.25) is 19.3 Å². The number of primary amides is 1. The van der Waals surface area contributed by atoms with Crippen LogP contribution in [0.4, 0.5) is 5.69 Å². The van der Waals surface area contributed by atoms with Gasteiger partial charge in [0.15, 0.2) is 0 Å². The summed E-state index contributed by atoms with van der Waals surface area (Å²) in [6, 6.07) is 15.8. The molecule has 1 saturated heterocycles. The second-order valence-corrected chi connectivity index (χ2v) is 9.21. The quantitative estimate of drug-likeness (QED) is 0.709. The molecule has 1 fully saturated rings. The molecule has 3 amide bonds. The van der Waals surface area contributed by atoms with Gasteiger partial charge in [-0.25, -0.2) is 0 Å². The van der Waals surface area contributed by atoms with Crippen LogP contribution in [0.5, 0.6) is 0 Å². The number of nitrogens with zero attached hydrogens (tertiary/aromatic N) is 2. The smallest absolute Gasteiger partial charge is 0.265 e. The number of nitrogens with two attached hydrogens (primary N) is 1. The Morgan fingerprint density at radius 3 is 2.44 bits per heavy atom. The van der Waals surface area contributed by atoms with Crippen molar-refractivity contribution in [2.45, 2.75) is 31.1 Å². The van der Waals surface area contributed by atoms with E-state index < -0.39 is 0 Å². The molecular weight excluding hydrogens is 422 g/mol. The highest BCUT2D eigenvalue weighted by atomic mass is 32.2. The molecule has 0 aromatic heterocycles. The van der Waals surface area contributed by atoms with Gasteiger partial charge in [0.1, 0.15) is 6.54 Å². The molecular formula is C25H27N3O3S. The number of thioether (sulfide) groups is 1. The van der Waals surface area contributed by atoms with E-state index in [1.165, 1.54) is 17.3 Å². The molecule has 0 bridgehead atoms. The summed E-state index contributed by atoms with van der Waals surface area (Å²) < 4.78 is 0. The molecule has 0 aliphatic carbocycles. The molecule has 6 nitrogen and oxygen atoms in total. The Kier molecular flexibility index (Phi) is 6.65. The number of hydrogen-bond donors (Lipinski definition) is 1. The molecule has 7 heteroatoms. The van der Waals surface area contributed by atoms with Crippen LogP contribution in [0.3, 0.4) is 0 Å². The lowest BCUT2D eigenvalue weighted by Gasteiger charge is -2.34. The van der Waals surface area contributed by atoms with Crippen LogP contribution >= 0.6 is 11.8 Å². The monoisotopic (exact) mass is 449 g/mol. The first kappa shape index (κ1) is 22.1. The molecule has 0 radical (unpaired) electrons. The normalized spacial score (nSPS) is 18.0. The molecule has 2 aromatic carbocycles. The molecule has 2 aliphatic heterocycles. The van der Waals surface area contributed by atoms with Crippen molar-refractivity contribution in [1.29, 1.82) is 0 Å². The number of carbonyl (C=O) groups is 3. The summed E-state index contributed by atoms with van der Waals surface area (Å²) in [5.41, 5.74) is 8.35. The number of aryl methyl sites for hydroxylation is 1. The summed E-state index contributed by atoms with van der Waals surface area (Å²) in [7, 11) is 0. The van der Waals surface area contributed by atoms with Crippen LogP contribution in [0.15, 0.2) is 58.3 Å². The maximum Gasteiger partial charge on any atom is 0.265 e. The van der Waals surface area contributed by atoms with Crippen molar-refractivity contribution in [2.24, 2.45) is 11.7 Å². The third-order valence-electron chi connectivity index (χ3n) is 6.06. The maximum atomic E-state index is 13.4. The van der Waals surface area contributed by atoms with Crippen LogP contribution < -0.4 is 10.6 Å². The molecule has 0 spiro atoms. The summed E-state index contributed by atoms with van der Waals surface area (Å²) >= 11 is 1.43. The Morgan fingerprint density at radius 2 is 1.78 bits per heavy atom. The highest BCUT2D eigenvalue weighted by Gasteiger charge is 2.33. The largest absolute Gasteiger partial charge is 0.369 e. The fourth-order valence-corrected chi connectivity index (χ4v) is 5.13. The summed E-state index contributed by atoms with van der Waals surface area (Å²) in [5, 5.41) is 0. The molecule has 4 rings (SSSR count). The number of amides is 3. The van der Waals surface area contributed by atoms with E-state index in [4.69, 9.17) is 5.73 Å². The van der Waals surface area contributed by atoms with E-state index in [0.29, 0.717) is 30.8 Å². The van der Waals surface area contributed by atoms with Gasteiger partial charge >= 0.3 is 0 Å². The molecule has 166 valence electrons. The van der Waals surface area contributed by atoms with E-state index in [9.17, 15) is 14.4 Å². The van der Waals surface area contributed by atoms with Gasteiger partial charge in [0, 0.05) is 23.9 Å².